The van der Waals surface area contributed by atoms with Crippen molar-refractivity contribution in [2.45, 2.75) is 19.9 Å². The fourth-order valence-corrected chi connectivity index (χ4v) is 2.37. The van der Waals surface area contributed by atoms with Crippen LogP contribution in [0.15, 0.2) is 42.5 Å². The van der Waals surface area contributed by atoms with E-state index >= 15 is 0 Å². The van der Waals surface area contributed by atoms with Gasteiger partial charge in [0, 0.05) is 18.7 Å². The van der Waals surface area contributed by atoms with Gasteiger partial charge in [0.2, 0.25) is 5.91 Å². The maximum Gasteiger partial charge on any atom is 0.269 e. The first-order valence-corrected chi connectivity index (χ1v) is 8.23. The maximum atomic E-state index is 12.5. The summed E-state index contributed by atoms with van der Waals surface area (Å²) in [5.74, 6) is -0.422. The predicted molar refractivity (Wildman–Crippen MR) is 99.0 cm³/mol. The first-order chi connectivity index (χ1) is 12.9. The molecule has 2 amide bonds. The quantitative estimate of drug-likeness (QED) is 0.556. The number of nitriles is 1. The van der Waals surface area contributed by atoms with Crippen LogP contribution in [-0.4, -0.2) is 23.5 Å². The van der Waals surface area contributed by atoms with Crippen molar-refractivity contribution in [2.24, 2.45) is 0 Å². The molecular weight excluding hydrogens is 348 g/mol. The highest BCUT2D eigenvalue weighted by Crippen LogP contribution is 2.24. The normalized spacial score (nSPS) is 11.1. The number of ether oxygens (including phenoxy) is 1. The lowest BCUT2D eigenvalue weighted by Crippen LogP contribution is -2.39. The van der Waals surface area contributed by atoms with E-state index in [9.17, 15) is 20.0 Å². The number of hydrazine groups is 1. The van der Waals surface area contributed by atoms with Crippen molar-refractivity contribution in [2.75, 3.05) is 11.9 Å². The van der Waals surface area contributed by atoms with Crippen LogP contribution in [0.5, 0.6) is 11.5 Å². The molecule has 0 aliphatic rings. The Labute approximate surface area is 156 Å². The van der Waals surface area contributed by atoms with Crippen molar-refractivity contribution < 1.29 is 19.4 Å². The van der Waals surface area contributed by atoms with Gasteiger partial charge in [-0.3, -0.25) is 15.0 Å². The van der Waals surface area contributed by atoms with Crippen LogP contribution in [-0.2, 0) is 4.79 Å². The van der Waals surface area contributed by atoms with E-state index in [1.54, 1.807) is 31.2 Å². The van der Waals surface area contributed by atoms with Crippen molar-refractivity contribution in [3.8, 4) is 17.6 Å². The summed E-state index contributed by atoms with van der Waals surface area (Å²) in [4.78, 5) is 23.7. The third-order valence-electron chi connectivity index (χ3n) is 3.51. The van der Waals surface area contributed by atoms with Gasteiger partial charge in [0.15, 0.2) is 0 Å². The number of rotatable bonds is 7. The zero-order valence-corrected chi connectivity index (χ0v) is 14.9. The Morgan fingerprint density at radius 3 is 2.67 bits per heavy atom. The van der Waals surface area contributed by atoms with Crippen LogP contribution >= 0.6 is 0 Å². The van der Waals surface area contributed by atoms with Crippen molar-refractivity contribution in [1.29, 1.82) is 5.26 Å². The highest BCUT2D eigenvalue weighted by molar-refractivity contribution is 5.98. The molecule has 0 saturated carbocycles. The van der Waals surface area contributed by atoms with Gasteiger partial charge >= 0.3 is 0 Å². The molecule has 0 radical (unpaired) electrons. The molecule has 0 spiro atoms. The average Bonchev–Trinajstić information content (AvgIpc) is 2.62. The van der Waals surface area contributed by atoms with Crippen molar-refractivity contribution in [1.82, 2.24) is 10.9 Å². The molecule has 140 valence electrons. The van der Waals surface area contributed by atoms with Crippen LogP contribution in [0.1, 0.15) is 35.8 Å². The number of benzene rings is 2. The lowest BCUT2D eigenvalue weighted by Gasteiger charge is -2.15. The van der Waals surface area contributed by atoms with Gasteiger partial charge in [-0.15, -0.1) is 0 Å². The van der Waals surface area contributed by atoms with E-state index < -0.39 is 11.9 Å². The van der Waals surface area contributed by atoms with E-state index in [0.717, 1.165) is 0 Å². The number of amides is 2. The van der Waals surface area contributed by atoms with E-state index in [2.05, 4.69) is 16.2 Å². The molecule has 0 saturated heterocycles. The van der Waals surface area contributed by atoms with E-state index in [0.29, 0.717) is 23.6 Å². The second-order valence-electron chi connectivity index (χ2n) is 5.58. The van der Waals surface area contributed by atoms with Gasteiger partial charge < -0.3 is 15.2 Å². The highest BCUT2D eigenvalue weighted by atomic mass is 16.5. The Kier molecular flexibility index (Phi) is 6.74. The van der Waals surface area contributed by atoms with Gasteiger partial charge in [-0.25, -0.2) is 5.43 Å². The molecular formula is C19H20N4O4. The summed E-state index contributed by atoms with van der Waals surface area (Å²) in [6.45, 7) is 3.49. The molecule has 0 unspecified atom stereocenters. The van der Waals surface area contributed by atoms with Crippen LogP contribution in [0.2, 0.25) is 0 Å². The number of anilines is 1. The molecule has 27 heavy (non-hydrogen) atoms. The first-order valence-electron chi connectivity index (χ1n) is 8.23. The number of hydrogen-bond acceptors (Lipinski definition) is 6. The first kappa shape index (κ1) is 19.8. The fourth-order valence-electron chi connectivity index (χ4n) is 2.37. The molecule has 2 aromatic rings. The minimum atomic E-state index is -0.852. The Hall–Kier alpha value is -3.57. The van der Waals surface area contributed by atoms with E-state index in [4.69, 9.17) is 4.74 Å². The smallest absolute Gasteiger partial charge is 0.269 e. The Morgan fingerprint density at radius 1 is 1.26 bits per heavy atom. The fraction of sp³-hybridized carbons (Fsp3) is 0.211. The second-order valence-corrected chi connectivity index (χ2v) is 5.58. The van der Waals surface area contributed by atoms with Gasteiger partial charge in [0.1, 0.15) is 17.5 Å². The molecule has 1 atom stereocenters. The Morgan fingerprint density at radius 2 is 2.04 bits per heavy atom. The molecule has 0 aliphatic carbocycles. The van der Waals surface area contributed by atoms with Crippen molar-refractivity contribution >= 4 is 17.5 Å². The summed E-state index contributed by atoms with van der Waals surface area (Å²) in [5.41, 5.74) is 6.35. The molecule has 0 fully saturated rings. The number of aromatic hydroxyl groups is 1. The predicted octanol–water partition coefficient (Wildman–Crippen LogP) is 2.25. The zero-order chi connectivity index (χ0) is 19.8. The molecule has 4 N–H and O–H groups in total. The third kappa shape index (κ3) is 5.45. The largest absolute Gasteiger partial charge is 0.508 e. The van der Waals surface area contributed by atoms with Crippen molar-refractivity contribution in [3.63, 3.8) is 0 Å². The molecule has 2 aromatic carbocycles. The minimum absolute atomic E-state index is 0.0214. The topological polar surface area (TPSA) is 123 Å². The lowest BCUT2D eigenvalue weighted by molar-refractivity contribution is -0.114. The number of phenolic OH excluding ortho intramolecular Hbond substituents is 1. The third-order valence-corrected chi connectivity index (χ3v) is 3.51. The molecule has 0 bridgehead atoms. The van der Waals surface area contributed by atoms with Gasteiger partial charge in [-0.1, -0.05) is 12.1 Å². The summed E-state index contributed by atoms with van der Waals surface area (Å²) < 4.78 is 5.48. The number of nitrogens with zero attached hydrogens (tertiary/aromatic N) is 1. The Bertz CT molecular complexity index is 876. The van der Waals surface area contributed by atoms with Crippen LogP contribution in [0, 0.1) is 11.3 Å². The number of nitrogens with one attached hydrogen (secondary N) is 3. The summed E-state index contributed by atoms with van der Waals surface area (Å²) in [5, 5.41) is 21.5. The summed E-state index contributed by atoms with van der Waals surface area (Å²) in [6, 6.07) is 12.0. The van der Waals surface area contributed by atoms with Crippen LogP contribution in [0.4, 0.5) is 5.69 Å². The molecule has 8 nitrogen and oxygen atoms in total. The standard InChI is InChI=1S/C19H20N4O4/c1-3-27-18-10-14(21-12(2)24)7-8-16(18)19(26)23-22-17(11-20)13-5-4-6-15(25)9-13/h4-10,17,22,25H,3H2,1-2H3,(H,21,24)(H,23,26)/t17-/m1/s1. The SMILES string of the molecule is CCOc1cc(NC(C)=O)ccc1C(=O)NN[C@H](C#N)c1cccc(O)c1. The Balaban J connectivity index is 2.14. The van der Waals surface area contributed by atoms with Gasteiger partial charge in [-0.05, 0) is 36.8 Å². The van der Waals surface area contributed by atoms with Gasteiger partial charge in [0.05, 0.1) is 18.2 Å². The number of carbonyl (C=O) groups excluding carboxylic acids is 2. The van der Waals surface area contributed by atoms with E-state index in [1.165, 1.54) is 25.1 Å². The van der Waals surface area contributed by atoms with Crippen LogP contribution in [0.25, 0.3) is 0 Å². The van der Waals surface area contributed by atoms with Gasteiger partial charge in [-0.2, -0.15) is 5.26 Å². The van der Waals surface area contributed by atoms with Crippen LogP contribution in [0.3, 0.4) is 0 Å². The lowest BCUT2D eigenvalue weighted by atomic mass is 10.1. The number of phenols is 1. The minimum Gasteiger partial charge on any atom is -0.508 e. The second kappa shape index (κ2) is 9.22. The summed E-state index contributed by atoms with van der Waals surface area (Å²) in [6.07, 6.45) is 0. The zero-order valence-electron chi connectivity index (χ0n) is 14.9. The van der Waals surface area contributed by atoms with Crippen molar-refractivity contribution in [3.05, 3.63) is 53.6 Å². The van der Waals surface area contributed by atoms with Crippen LogP contribution < -0.4 is 20.9 Å². The molecule has 0 heterocycles. The molecule has 2 rings (SSSR count). The van der Waals surface area contributed by atoms with E-state index in [-0.39, 0.29) is 17.2 Å². The molecule has 0 aromatic heterocycles. The molecule has 0 aliphatic heterocycles. The highest BCUT2D eigenvalue weighted by Gasteiger charge is 2.16. The monoisotopic (exact) mass is 368 g/mol. The number of hydrogen-bond donors (Lipinski definition) is 4. The van der Waals surface area contributed by atoms with E-state index in [1.807, 2.05) is 6.07 Å². The maximum absolute atomic E-state index is 12.5. The van der Waals surface area contributed by atoms with Gasteiger partial charge in [0.25, 0.3) is 5.91 Å². The summed E-state index contributed by atoms with van der Waals surface area (Å²) in [7, 11) is 0. The molecule has 8 heteroatoms. The average molecular weight is 368 g/mol. The number of carbonyl (C=O) groups is 2. The summed E-state index contributed by atoms with van der Waals surface area (Å²) >= 11 is 0.